The van der Waals surface area contributed by atoms with Crippen LogP contribution in [0, 0.1) is 12.8 Å². The summed E-state index contributed by atoms with van der Waals surface area (Å²) in [5.74, 6) is -0.0237. The molecule has 1 aromatic rings. The van der Waals surface area contributed by atoms with Gasteiger partial charge in [0, 0.05) is 25.6 Å². The van der Waals surface area contributed by atoms with Gasteiger partial charge in [0.2, 0.25) is 11.8 Å². The van der Waals surface area contributed by atoms with E-state index in [1.54, 1.807) is 0 Å². The Labute approximate surface area is 144 Å². The molecule has 1 heterocycles. The highest BCUT2D eigenvalue weighted by molar-refractivity contribution is 5.89. The molecule has 0 bridgehead atoms. The van der Waals surface area contributed by atoms with Gasteiger partial charge < -0.3 is 10.2 Å². The monoisotopic (exact) mass is 328 g/mol. The second-order valence-corrected chi connectivity index (χ2v) is 7.36. The van der Waals surface area contributed by atoms with Crippen molar-refractivity contribution in [2.24, 2.45) is 5.92 Å². The molecule has 1 N–H and O–H groups in total. The average Bonchev–Trinajstić information content (AvgIpc) is 2.77. The lowest BCUT2D eigenvalue weighted by Crippen LogP contribution is -2.39. The van der Waals surface area contributed by atoms with E-state index < -0.39 is 0 Å². The molecule has 1 atom stereocenters. The Kier molecular flexibility index (Phi) is 5.54. The standard InChI is InChI=1S/C20H28N2O2/c1-15-8-10-16(11-9-15)13-22-14-17(12-19(22)23)20(24)21-18-6-4-2-3-5-7-18/h8-11,17-18H,2-7,12-14H2,1H3,(H,21,24)/t17-/m1/s1. The number of nitrogens with one attached hydrogen (secondary N) is 1. The minimum Gasteiger partial charge on any atom is -0.353 e. The van der Waals surface area contributed by atoms with Crippen LogP contribution >= 0.6 is 0 Å². The third-order valence-electron chi connectivity index (χ3n) is 5.28. The molecule has 0 radical (unpaired) electrons. The summed E-state index contributed by atoms with van der Waals surface area (Å²) in [6, 6.07) is 8.54. The fraction of sp³-hybridized carbons (Fsp3) is 0.600. The van der Waals surface area contributed by atoms with Crippen molar-refractivity contribution in [2.75, 3.05) is 6.54 Å². The fourth-order valence-corrected chi connectivity index (χ4v) is 3.76. The van der Waals surface area contributed by atoms with Crippen LogP contribution in [-0.4, -0.2) is 29.3 Å². The van der Waals surface area contributed by atoms with Gasteiger partial charge >= 0.3 is 0 Å². The molecule has 1 saturated heterocycles. The normalized spacial score (nSPS) is 22.5. The lowest BCUT2D eigenvalue weighted by Gasteiger charge is -2.20. The topological polar surface area (TPSA) is 49.4 Å². The molecule has 2 fully saturated rings. The number of amides is 2. The van der Waals surface area contributed by atoms with E-state index in [1.807, 2.05) is 4.90 Å². The molecule has 1 aliphatic carbocycles. The van der Waals surface area contributed by atoms with Gasteiger partial charge in [-0.25, -0.2) is 0 Å². The number of rotatable bonds is 4. The van der Waals surface area contributed by atoms with E-state index in [0.717, 1.165) is 18.4 Å². The van der Waals surface area contributed by atoms with Crippen LogP contribution in [0.2, 0.25) is 0 Å². The molecule has 2 aliphatic rings. The van der Waals surface area contributed by atoms with Crippen molar-refractivity contribution in [2.45, 2.75) is 64.5 Å². The van der Waals surface area contributed by atoms with Gasteiger partial charge in [0.15, 0.2) is 0 Å². The molecular formula is C20H28N2O2. The first-order valence-corrected chi connectivity index (χ1v) is 9.25. The van der Waals surface area contributed by atoms with Crippen molar-refractivity contribution in [1.82, 2.24) is 10.2 Å². The number of nitrogens with zero attached hydrogens (tertiary/aromatic N) is 1. The van der Waals surface area contributed by atoms with Crippen molar-refractivity contribution in [3.63, 3.8) is 0 Å². The summed E-state index contributed by atoms with van der Waals surface area (Å²) in [6.07, 6.45) is 7.47. The van der Waals surface area contributed by atoms with E-state index in [4.69, 9.17) is 0 Å². The number of carbonyl (C=O) groups is 2. The summed E-state index contributed by atoms with van der Waals surface area (Å²) in [7, 11) is 0. The van der Waals surface area contributed by atoms with Crippen LogP contribution < -0.4 is 5.32 Å². The zero-order valence-electron chi connectivity index (χ0n) is 14.6. The molecule has 130 valence electrons. The summed E-state index contributed by atoms with van der Waals surface area (Å²) in [5, 5.41) is 3.20. The number of likely N-dealkylation sites (tertiary alicyclic amines) is 1. The van der Waals surface area contributed by atoms with E-state index in [9.17, 15) is 9.59 Å². The molecule has 4 heteroatoms. The summed E-state index contributed by atoms with van der Waals surface area (Å²) < 4.78 is 0. The smallest absolute Gasteiger partial charge is 0.225 e. The number of carbonyl (C=O) groups excluding carboxylic acids is 2. The van der Waals surface area contributed by atoms with E-state index >= 15 is 0 Å². The Morgan fingerprint density at radius 3 is 2.46 bits per heavy atom. The molecule has 24 heavy (non-hydrogen) atoms. The SMILES string of the molecule is Cc1ccc(CN2C[C@H](C(=O)NC3CCCCCC3)CC2=O)cc1. The van der Waals surface area contributed by atoms with E-state index in [1.165, 1.54) is 31.2 Å². The third-order valence-corrected chi connectivity index (χ3v) is 5.28. The van der Waals surface area contributed by atoms with Gasteiger partial charge in [-0.2, -0.15) is 0 Å². The second-order valence-electron chi connectivity index (χ2n) is 7.36. The fourth-order valence-electron chi connectivity index (χ4n) is 3.76. The highest BCUT2D eigenvalue weighted by atomic mass is 16.2. The van der Waals surface area contributed by atoms with Crippen LogP contribution in [0.25, 0.3) is 0 Å². The summed E-state index contributed by atoms with van der Waals surface area (Å²) in [4.78, 5) is 26.6. The molecule has 0 aromatic heterocycles. The minimum atomic E-state index is -0.189. The molecular weight excluding hydrogens is 300 g/mol. The van der Waals surface area contributed by atoms with Gasteiger partial charge in [-0.15, -0.1) is 0 Å². The third kappa shape index (κ3) is 4.37. The molecule has 4 nitrogen and oxygen atoms in total. The van der Waals surface area contributed by atoms with Crippen LogP contribution in [0.4, 0.5) is 0 Å². The molecule has 0 spiro atoms. The molecule has 1 aliphatic heterocycles. The molecule has 1 saturated carbocycles. The maximum absolute atomic E-state index is 12.5. The first-order chi connectivity index (χ1) is 11.6. The Hall–Kier alpha value is -1.84. The van der Waals surface area contributed by atoms with Crippen LogP contribution in [0.3, 0.4) is 0 Å². The van der Waals surface area contributed by atoms with Gasteiger partial charge in [0.05, 0.1) is 5.92 Å². The van der Waals surface area contributed by atoms with Crippen molar-refractivity contribution < 1.29 is 9.59 Å². The number of hydrogen-bond donors (Lipinski definition) is 1. The highest BCUT2D eigenvalue weighted by Crippen LogP contribution is 2.22. The van der Waals surface area contributed by atoms with Crippen molar-refractivity contribution in [3.8, 4) is 0 Å². The number of hydrogen-bond acceptors (Lipinski definition) is 2. The summed E-state index contributed by atoms with van der Waals surface area (Å²) >= 11 is 0. The van der Waals surface area contributed by atoms with Crippen LogP contribution in [0.1, 0.15) is 56.1 Å². The van der Waals surface area contributed by atoms with Gasteiger partial charge in [0.25, 0.3) is 0 Å². The zero-order valence-corrected chi connectivity index (χ0v) is 14.6. The number of benzene rings is 1. The van der Waals surface area contributed by atoms with Crippen molar-refractivity contribution >= 4 is 11.8 Å². The van der Waals surface area contributed by atoms with Crippen molar-refractivity contribution in [1.29, 1.82) is 0 Å². The van der Waals surface area contributed by atoms with Crippen LogP contribution in [-0.2, 0) is 16.1 Å². The first-order valence-electron chi connectivity index (χ1n) is 9.25. The van der Waals surface area contributed by atoms with Gasteiger partial charge in [-0.05, 0) is 25.3 Å². The van der Waals surface area contributed by atoms with Crippen LogP contribution in [0.15, 0.2) is 24.3 Å². The minimum absolute atomic E-state index is 0.0710. The quantitative estimate of drug-likeness (QED) is 0.863. The highest BCUT2D eigenvalue weighted by Gasteiger charge is 2.34. The lowest BCUT2D eigenvalue weighted by molar-refractivity contribution is -0.129. The predicted octanol–water partition coefficient (Wildman–Crippen LogP) is 3.18. The van der Waals surface area contributed by atoms with Crippen LogP contribution in [0.5, 0.6) is 0 Å². The zero-order chi connectivity index (χ0) is 16.9. The molecule has 0 unspecified atom stereocenters. The first kappa shape index (κ1) is 17.0. The van der Waals surface area contributed by atoms with Gasteiger partial charge in [0.1, 0.15) is 0 Å². The average molecular weight is 328 g/mol. The molecule has 2 amide bonds. The maximum atomic E-state index is 12.5. The summed E-state index contributed by atoms with van der Waals surface area (Å²) in [5.41, 5.74) is 2.34. The molecule has 3 rings (SSSR count). The van der Waals surface area contributed by atoms with E-state index in [2.05, 4.69) is 36.5 Å². The Morgan fingerprint density at radius 1 is 1.12 bits per heavy atom. The second kappa shape index (κ2) is 7.82. The van der Waals surface area contributed by atoms with Gasteiger partial charge in [-0.1, -0.05) is 55.5 Å². The van der Waals surface area contributed by atoms with Gasteiger partial charge in [-0.3, -0.25) is 9.59 Å². The number of aryl methyl sites for hydroxylation is 1. The van der Waals surface area contributed by atoms with Crippen molar-refractivity contribution in [3.05, 3.63) is 35.4 Å². The Bertz CT molecular complexity index is 574. The summed E-state index contributed by atoms with van der Waals surface area (Å²) in [6.45, 7) is 3.20. The lowest BCUT2D eigenvalue weighted by atomic mass is 10.0. The van der Waals surface area contributed by atoms with E-state index in [0.29, 0.717) is 25.6 Å². The Balaban J connectivity index is 1.53. The predicted molar refractivity (Wildman–Crippen MR) is 94.3 cm³/mol. The molecule has 1 aromatic carbocycles. The van der Waals surface area contributed by atoms with E-state index in [-0.39, 0.29) is 17.7 Å². The largest absolute Gasteiger partial charge is 0.353 e. The maximum Gasteiger partial charge on any atom is 0.225 e. The Morgan fingerprint density at radius 2 is 1.79 bits per heavy atom.